The van der Waals surface area contributed by atoms with Crippen LogP contribution >= 0.6 is 0 Å². The Balaban J connectivity index is 1.50. The lowest BCUT2D eigenvalue weighted by atomic mass is 10.1. The third-order valence-corrected chi connectivity index (χ3v) is 4.01. The number of carbonyl (C=O) groups is 1. The predicted octanol–water partition coefficient (Wildman–Crippen LogP) is 2.64. The number of aliphatic hydroxyl groups excluding tert-OH is 1. The topological polar surface area (TPSA) is 49.3 Å². The molecule has 1 aliphatic rings. The van der Waals surface area contributed by atoms with Crippen LogP contribution in [0.15, 0.2) is 60.7 Å². The van der Waals surface area contributed by atoms with Crippen LogP contribution in [0.1, 0.15) is 29.6 Å². The summed E-state index contributed by atoms with van der Waals surface area (Å²) in [6, 6.07) is 19.5. The standard InChI is InChI=1S/C18H19NO2/c20-17(14-9-5-2-6-10-14)12-19-18(21)16-11-15(16)13-7-3-1-4-8-13/h1-10,15-17,20H,11-12H2,(H,19,21). The largest absolute Gasteiger partial charge is 0.387 e. The highest BCUT2D eigenvalue weighted by Crippen LogP contribution is 2.47. The first-order valence-corrected chi connectivity index (χ1v) is 7.31. The van der Waals surface area contributed by atoms with Crippen molar-refractivity contribution in [3.8, 4) is 0 Å². The van der Waals surface area contributed by atoms with Gasteiger partial charge < -0.3 is 10.4 Å². The van der Waals surface area contributed by atoms with Crippen molar-refractivity contribution in [2.24, 2.45) is 5.92 Å². The molecule has 108 valence electrons. The second kappa shape index (κ2) is 6.10. The summed E-state index contributed by atoms with van der Waals surface area (Å²) in [5.74, 6) is 0.425. The molecule has 0 radical (unpaired) electrons. The summed E-state index contributed by atoms with van der Waals surface area (Å²) < 4.78 is 0. The zero-order valence-electron chi connectivity index (χ0n) is 11.8. The van der Waals surface area contributed by atoms with E-state index in [1.165, 1.54) is 5.56 Å². The fraction of sp³-hybridized carbons (Fsp3) is 0.278. The molecule has 0 heterocycles. The quantitative estimate of drug-likeness (QED) is 0.885. The van der Waals surface area contributed by atoms with E-state index in [9.17, 15) is 9.90 Å². The van der Waals surface area contributed by atoms with Gasteiger partial charge in [0.1, 0.15) is 0 Å². The van der Waals surface area contributed by atoms with Gasteiger partial charge in [-0.2, -0.15) is 0 Å². The molecule has 3 rings (SSSR count). The number of nitrogens with one attached hydrogen (secondary N) is 1. The smallest absolute Gasteiger partial charge is 0.223 e. The van der Waals surface area contributed by atoms with Crippen molar-refractivity contribution in [1.29, 1.82) is 0 Å². The fourth-order valence-corrected chi connectivity index (χ4v) is 2.67. The van der Waals surface area contributed by atoms with Gasteiger partial charge in [-0.3, -0.25) is 4.79 Å². The summed E-state index contributed by atoms with van der Waals surface area (Å²) in [4.78, 5) is 12.1. The van der Waals surface area contributed by atoms with E-state index < -0.39 is 6.10 Å². The Hall–Kier alpha value is -2.13. The van der Waals surface area contributed by atoms with Gasteiger partial charge in [-0.25, -0.2) is 0 Å². The van der Waals surface area contributed by atoms with Crippen LogP contribution in [0.4, 0.5) is 0 Å². The molecule has 1 aliphatic carbocycles. The number of benzene rings is 2. The monoisotopic (exact) mass is 281 g/mol. The molecule has 3 heteroatoms. The molecular weight excluding hydrogens is 262 g/mol. The SMILES string of the molecule is O=C(NCC(O)c1ccccc1)C1CC1c1ccccc1. The predicted molar refractivity (Wildman–Crippen MR) is 81.7 cm³/mol. The molecule has 0 bridgehead atoms. The summed E-state index contributed by atoms with van der Waals surface area (Å²) in [5.41, 5.74) is 2.05. The van der Waals surface area contributed by atoms with E-state index in [-0.39, 0.29) is 18.4 Å². The Bertz CT molecular complexity index is 597. The van der Waals surface area contributed by atoms with Crippen LogP contribution in [0.2, 0.25) is 0 Å². The Morgan fingerprint density at radius 3 is 2.38 bits per heavy atom. The molecule has 0 saturated heterocycles. The Labute approximate surface area is 124 Å². The minimum atomic E-state index is -0.649. The molecule has 3 unspecified atom stereocenters. The van der Waals surface area contributed by atoms with Gasteiger partial charge in [0, 0.05) is 12.5 Å². The van der Waals surface area contributed by atoms with Gasteiger partial charge in [0.15, 0.2) is 0 Å². The van der Waals surface area contributed by atoms with E-state index in [0.29, 0.717) is 5.92 Å². The number of aliphatic hydroxyl groups is 1. The lowest BCUT2D eigenvalue weighted by Crippen LogP contribution is -2.29. The number of hydrogen-bond donors (Lipinski definition) is 2. The van der Waals surface area contributed by atoms with Crippen molar-refractivity contribution in [2.75, 3.05) is 6.54 Å². The molecule has 1 saturated carbocycles. The first kappa shape index (κ1) is 13.8. The highest BCUT2D eigenvalue weighted by atomic mass is 16.3. The zero-order valence-corrected chi connectivity index (χ0v) is 11.8. The first-order valence-electron chi connectivity index (χ1n) is 7.31. The van der Waals surface area contributed by atoms with Gasteiger partial charge in [-0.05, 0) is 23.5 Å². The van der Waals surface area contributed by atoms with E-state index in [1.54, 1.807) is 0 Å². The first-order chi connectivity index (χ1) is 10.3. The Morgan fingerprint density at radius 2 is 1.71 bits per heavy atom. The van der Waals surface area contributed by atoms with Crippen LogP contribution < -0.4 is 5.32 Å². The summed E-state index contributed by atoms with van der Waals surface area (Å²) >= 11 is 0. The summed E-state index contributed by atoms with van der Waals surface area (Å²) in [7, 11) is 0. The number of rotatable bonds is 5. The fourth-order valence-electron chi connectivity index (χ4n) is 2.67. The van der Waals surface area contributed by atoms with Gasteiger partial charge in [-0.1, -0.05) is 60.7 Å². The molecule has 3 nitrogen and oxygen atoms in total. The van der Waals surface area contributed by atoms with Crippen molar-refractivity contribution in [3.63, 3.8) is 0 Å². The van der Waals surface area contributed by atoms with E-state index in [1.807, 2.05) is 48.5 Å². The second-order valence-electron chi connectivity index (χ2n) is 5.53. The third kappa shape index (κ3) is 3.31. The average Bonchev–Trinajstić information content (AvgIpc) is 3.35. The van der Waals surface area contributed by atoms with Gasteiger partial charge in [0.05, 0.1) is 6.10 Å². The number of carbonyl (C=O) groups excluding carboxylic acids is 1. The maximum atomic E-state index is 12.1. The zero-order chi connectivity index (χ0) is 14.7. The maximum Gasteiger partial charge on any atom is 0.223 e. The minimum absolute atomic E-state index is 0.0406. The molecule has 2 aromatic carbocycles. The van der Waals surface area contributed by atoms with Crippen LogP contribution in [0.5, 0.6) is 0 Å². The van der Waals surface area contributed by atoms with E-state index >= 15 is 0 Å². The number of amides is 1. The van der Waals surface area contributed by atoms with E-state index in [2.05, 4.69) is 17.4 Å². The van der Waals surface area contributed by atoms with Gasteiger partial charge in [0.25, 0.3) is 0 Å². The second-order valence-corrected chi connectivity index (χ2v) is 5.53. The maximum absolute atomic E-state index is 12.1. The molecule has 21 heavy (non-hydrogen) atoms. The van der Waals surface area contributed by atoms with Crippen molar-refractivity contribution in [3.05, 3.63) is 71.8 Å². The van der Waals surface area contributed by atoms with Gasteiger partial charge >= 0.3 is 0 Å². The van der Waals surface area contributed by atoms with Crippen molar-refractivity contribution >= 4 is 5.91 Å². The molecule has 0 spiro atoms. The molecule has 0 aromatic heterocycles. The van der Waals surface area contributed by atoms with Crippen molar-refractivity contribution in [1.82, 2.24) is 5.32 Å². The van der Waals surface area contributed by atoms with E-state index in [0.717, 1.165) is 12.0 Å². The van der Waals surface area contributed by atoms with Gasteiger partial charge in [-0.15, -0.1) is 0 Å². The molecule has 2 N–H and O–H groups in total. The normalized spacial score (nSPS) is 21.6. The highest BCUT2D eigenvalue weighted by molar-refractivity contribution is 5.82. The molecule has 1 amide bonds. The molecule has 0 aliphatic heterocycles. The summed E-state index contributed by atoms with van der Waals surface area (Å²) in [6.45, 7) is 0.265. The van der Waals surface area contributed by atoms with Crippen molar-refractivity contribution in [2.45, 2.75) is 18.4 Å². The van der Waals surface area contributed by atoms with Gasteiger partial charge in [0.2, 0.25) is 5.91 Å². The van der Waals surface area contributed by atoms with Crippen LogP contribution in [0, 0.1) is 5.92 Å². The van der Waals surface area contributed by atoms with E-state index in [4.69, 9.17) is 0 Å². The molecule has 2 aromatic rings. The lowest BCUT2D eigenvalue weighted by molar-refractivity contribution is -0.122. The Morgan fingerprint density at radius 1 is 1.10 bits per heavy atom. The van der Waals surface area contributed by atoms with Crippen LogP contribution in [0.3, 0.4) is 0 Å². The van der Waals surface area contributed by atoms with Crippen molar-refractivity contribution < 1.29 is 9.90 Å². The molecule has 1 fully saturated rings. The lowest BCUT2D eigenvalue weighted by Gasteiger charge is -2.12. The summed E-state index contributed by atoms with van der Waals surface area (Å²) in [5, 5.41) is 12.9. The third-order valence-electron chi connectivity index (χ3n) is 4.01. The number of hydrogen-bond acceptors (Lipinski definition) is 2. The molecule has 3 atom stereocenters. The summed E-state index contributed by atoms with van der Waals surface area (Å²) in [6.07, 6.45) is 0.251. The average molecular weight is 281 g/mol. The minimum Gasteiger partial charge on any atom is -0.387 e. The van der Waals surface area contributed by atoms with Crippen LogP contribution in [-0.4, -0.2) is 17.6 Å². The highest BCUT2D eigenvalue weighted by Gasteiger charge is 2.43. The van der Waals surface area contributed by atoms with Crippen LogP contribution in [-0.2, 0) is 4.79 Å². The van der Waals surface area contributed by atoms with Crippen LogP contribution in [0.25, 0.3) is 0 Å². The molecular formula is C18H19NO2. The Kier molecular flexibility index (Phi) is 4.02.